The molecule has 0 saturated heterocycles. The topological polar surface area (TPSA) is 32.9 Å². The van der Waals surface area contributed by atoms with E-state index in [9.17, 15) is 4.79 Å². The Bertz CT molecular complexity index is 559. The number of aromatic nitrogens is 1. The van der Waals surface area contributed by atoms with Crippen LogP contribution in [0.1, 0.15) is 16.1 Å². The highest BCUT2D eigenvalue weighted by molar-refractivity contribution is 6.44. The molecule has 1 heterocycles. The van der Waals surface area contributed by atoms with Crippen LogP contribution in [0.25, 0.3) is 6.08 Å². The minimum absolute atomic E-state index is 0.174. The summed E-state index contributed by atoms with van der Waals surface area (Å²) in [7, 11) is 0. The zero-order valence-corrected chi connectivity index (χ0v) is 10.3. The number of allylic oxidation sites excluding steroid dienone is 1. The van der Waals surface area contributed by atoms with E-state index < -0.39 is 0 Å². The lowest BCUT2D eigenvalue weighted by Crippen LogP contribution is -1.95. The van der Waals surface area contributed by atoms with Gasteiger partial charge in [0.2, 0.25) is 0 Å². The molecule has 2 nitrogen and oxygen atoms in total. The summed E-state index contributed by atoms with van der Waals surface area (Å²) in [6.45, 7) is 0. The van der Waals surface area contributed by atoms with Crippen LogP contribution in [-0.2, 0) is 0 Å². The van der Waals surface area contributed by atoms with E-state index in [0.717, 1.165) is 5.69 Å². The van der Waals surface area contributed by atoms with E-state index in [1.54, 1.807) is 30.5 Å². The quantitative estimate of drug-likeness (QED) is 0.654. The van der Waals surface area contributed by atoms with Gasteiger partial charge in [-0.3, -0.25) is 4.79 Å². The lowest BCUT2D eigenvalue weighted by molar-refractivity contribution is 0.104. The van der Waals surface area contributed by atoms with Crippen LogP contribution in [0, 0.1) is 0 Å². The van der Waals surface area contributed by atoms with Crippen molar-refractivity contribution in [1.29, 1.82) is 0 Å². The Hall–Kier alpha value is -1.51. The molecule has 0 radical (unpaired) electrons. The third kappa shape index (κ3) is 2.78. The zero-order valence-electron chi connectivity index (χ0n) is 8.78. The zero-order chi connectivity index (χ0) is 12.3. The van der Waals surface area contributed by atoms with Crippen molar-refractivity contribution in [3.8, 4) is 0 Å². The van der Waals surface area contributed by atoms with Crippen LogP contribution >= 0.6 is 23.2 Å². The van der Waals surface area contributed by atoms with Crippen molar-refractivity contribution in [1.82, 2.24) is 4.98 Å². The van der Waals surface area contributed by atoms with Gasteiger partial charge >= 0.3 is 0 Å². The molecule has 0 aliphatic rings. The summed E-state index contributed by atoms with van der Waals surface area (Å²) in [6.07, 6.45) is 4.94. The average Bonchev–Trinajstić information content (AvgIpc) is 2.82. The van der Waals surface area contributed by atoms with E-state index in [1.807, 2.05) is 12.1 Å². The second-order valence-corrected chi connectivity index (χ2v) is 4.21. The molecule has 2 rings (SSSR count). The van der Waals surface area contributed by atoms with Crippen LogP contribution in [0.15, 0.2) is 42.6 Å². The number of benzene rings is 1. The highest BCUT2D eigenvalue weighted by Crippen LogP contribution is 2.26. The number of aromatic amines is 1. The van der Waals surface area contributed by atoms with E-state index in [0.29, 0.717) is 10.6 Å². The SMILES string of the molecule is O=C(C=Cc1ccc[nH]1)c1cccc(Cl)c1Cl. The summed E-state index contributed by atoms with van der Waals surface area (Å²) in [6, 6.07) is 8.72. The molecule has 86 valence electrons. The van der Waals surface area contributed by atoms with Crippen LogP contribution in [0.2, 0.25) is 10.0 Å². The standard InChI is InChI=1S/C13H9Cl2NO/c14-11-5-1-4-10(13(11)15)12(17)7-6-9-3-2-8-16-9/h1-8,16H. The maximum absolute atomic E-state index is 11.9. The van der Waals surface area contributed by atoms with Crippen molar-refractivity contribution in [3.05, 3.63) is 63.9 Å². The first-order valence-electron chi connectivity index (χ1n) is 4.98. The molecule has 1 aromatic heterocycles. The van der Waals surface area contributed by atoms with Crippen LogP contribution in [0.5, 0.6) is 0 Å². The Morgan fingerprint density at radius 2 is 2.00 bits per heavy atom. The molecule has 0 saturated carbocycles. The number of H-pyrrole nitrogens is 1. The first-order valence-corrected chi connectivity index (χ1v) is 5.74. The highest BCUT2D eigenvalue weighted by Gasteiger charge is 2.09. The fourth-order valence-corrected chi connectivity index (χ4v) is 1.79. The van der Waals surface area contributed by atoms with Crippen LogP contribution < -0.4 is 0 Å². The molecule has 0 fully saturated rings. The largest absolute Gasteiger partial charge is 0.362 e. The van der Waals surface area contributed by atoms with Crippen molar-refractivity contribution in [2.24, 2.45) is 0 Å². The van der Waals surface area contributed by atoms with Crippen molar-refractivity contribution < 1.29 is 4.79 Å². The van der Waals surface area contributed by atoms with Crippen LogP contribution in [-0.4, -0.2) is 10.8 Å². The molecule has 1 aromatic carbocycles. The molecule has 1 N–H and O–H groups in total. The third-order valence-corrected chi connectivity index (χ3v) is 3.07. The second-order valence-electron chi connectivity index (χ2n) is 3.42. The average molecular weight is 266 g/mol. The lowest BCUT2D eigenvalue weighted by atomic mass is 10.1. The number of hydrogen-bond acceptors (Lipinski definition) is 1. The predicted octanol–water partition coefficient (Wildman–Crippen LogP) is 4.22. The smallest absolute Gasteiger partial charge is 0.187 e. The van der Waals surface area contributed by atoms with Gasteiger partial charge in [-0.15, -0.1) is 0 Å². The molecular weight excluding hydrogens is 257 g/mol. The minimum Gasteiger partial charge on any atom is -0.362 e. The number of hydrogen-bond donors (Lipinski definition) is 1. The Morgan fingerprint density at radius 1 is 1.18 bits per heavy atom. The molecule has 0 aliphatic heterocycles. The summed E-state index contributed by atoms with van der Waals surface area (Å²) in [5.74, 6) is -0.174. The fraction of sp³-hybridized carbons (Fsp3) is 0. The molecular formula is C13H9Cl2NO. The molecule has 0 spiro atoms. The molecule has 2 aromatic rings. The van der Waals surface area contributed by atoms with Crippen LogP contribution in [0.3, 0.4) is 0 Å². The van der Waals surface area contributed by atoms with Gasteiger partial charge in [0.1, 0.15) is 0 Å². The molecule has 0 aliphatic carbocycles. The second kappa shape index (κ2) is 5.21. The fourth-order valence-electron chi connectivity index (χ4n) is 1.40. The van der Waals surface area contributed by atoms with Gasteiger partial charge in [-0.1, -0.05) is 29.3 Å². The van der Waals surface area contributed by atoms with E-state index >= 15 is 0 Å². The van der Waals surface area contributed by atoms with Gasteiger partial charge in [-0.2, -0.15) is 0 Å². The summed E-state index contributed by atoms with van der Waals surface area (Å²) in [5.41, 5.74) is 1.26. The molecule has 0 bridgehead atoms. The van der Waals surface area contributed by atoms with Gasteiger partial charge in [0.25, 0.3) is 0 Å². The van der Waals surface area contributed by atoms with Gasteiger partial charge < -0.3 is 4.98 Å². The summed E-state index contributed by atoms with van der Waals surface area (Å²) in [4.78, 5) is 14.8. The maximum atomic E-state index is 11.9. The molecule has 0 amide bonds. The Balaban J connectivity index is 2.23. The number of carbonyl (C=O) groups is 1. The number of carbonyl (C=O) groups excluding carboxylic acids is 1. The van der Waals surface area contributed by atoms with Gasteiger partial charge in [-0.05, 0) is 36.4 Å². The summed E-state index contributed by atoms with van der Waals surface area (Å²) < 4.78 is 0. The van der Waals surface area contributed by atoms with Gasteiger partial charge in [0.05, 0.1) is 10.0 Å². The third-order valence-electron chi connectivity index (χ3n) is 2.25. The number of ketones is 1. The number of halogens is 2. The first-order chi connectivity index (χ1) is 8.18. The summed E-state index contributed by atoms with van der Waals surface area (Å²) in [5, 5.41) is 0.668. The summed E-state index contributed by atoms with van der Waals surface area (Å²) >= 11 is 11.8. The first kappa shape index (κ1) is 12.0. The highest BCUT2D eigenvalue weighted by atomic mass is 35.5. The van der Waals surface area contributed by atoms with E-state index in [2.05, 4.69) is 4.98 Å². The number of nitrogens with one attached hydrogen (secondary N) is 1. The van der Waals surface area contributed by atoms with E-state index in [-0.39, 0.29) is 10.8 Å². The van der Waals surface area contributed by atoms with Crippen molar-refractivity contribution in [3.63, 3.8) is 0 Å². The molecule has 0 unspecified atom stereocenters. The van der Waals surface area contributed by atoms with Gasteiger partial charge in [0, 0.05) is 17.5 Å². The molecule has 4 heteroatoms. The normalized spacial score (nSPS) is 10.9. The Labute approximate surface area is 109 Å². The van der Waals surface area contributed by atoms with E-state index in [4.69, 9.17) is 23.2 Å². The molecule has 17 heavy (non-hydrogen) atoms. The minimum atomic E-state index is -0.174. The van der Waals surface area contributed by atoms with E-state index in [1.165, 1.54) is 6.08 Å². The number of rotatable bonds is 3. The van der Waals surface area contributed by atoms with Crippen molar-refractivity contribution >= 4 is 35.1 Å². The van der Waals surface area contributed by atoms with Crippen molar-refractivity contribution in [2.75, 3.05) is 0 Å². The van der Waals surface area contributed by atoms with Crippen LogP contribution in [0.4, 0.5) is 0 Å². The van der Waals surface area contributed by atoms with Crippen molar-refractivity contribution in [2.45, 2.75) is 0 Å². The lowest BCUT2D eigenvalue weighted by Gasteiger charge is -2.00. The maximum Gasteiger partial charge on any atom is 0.187 e. The van der Waals surface area contributed by atoms with Gasteiger partial charge in [-0.25, -0.2) is 0 Å². The Kier molecular flexibility index (Phi) is 3.67. The Morgan fingerprint density at radius 3 is 2.71 bits per heavy atom. The molecule has 0 atom stereocenters. The van der Waals surface area contributed by atoms with Gasteiger partial charge in [0.15, 0.2) is 5.78 Å². The predicted molar refractivity (Wildman–Crippen MR) is 70.6 cm³/mol. The monoisotopic (exact) mass is 265 g/mol.